The molecule has 0 spiro atoms. The summed E-state index contributed by atoms with van der Waals surface area (Å²) in [6.07, 6.45) is 2.40. The van der Waals surface area contributed by atoms with Gasteiger partial charge in [-0.05, 0) is 30.4 Å². The number of ether oxygens (including phenoxy) is 1. The maximum Gasteiger partial charge on any atom is 0.125 e. The van der Waals surface area contributed by atoms with Crippen molar-refractivity contribution in [3.63, 3.8) is 0 Å². The van der Waals surface area contributed by atoms with Gasteiger partial charge in [0.15, 0.2) is 0 Å². The van der Waals surface area contributed by atoms with Crippen molar-refractivity contribution in [2.45, 2.75) is 32.6 Å². The molecule has 2 aromatic heterocycles. The molecule has 0 saturated carbocycles. The molecule has 5 nitrogen and oxygen atoms in total. The molecule has 1 aliphatic rings. The molecule has 2 aromatic rings. The predicted molar refractivity (Wildman–Crippen MR) is 85.7 cm³/mol. The van der Waals surface area contributed by atoms with E-state index in [4.69, 9.17) is 4.74 Å². The standard InChI is InChI=1S/C16H21N3O2S/c1-12-17-7-13-4-5-19(9-16(13)18-12)8-14(20)10-21-11-15-3-2-6-22-15/h2-3,6-7,14,20H,4-5,8-11H2,1H3/t14-/m0/s1. The third kappa shape index (κ3) is 4.10. The molecular weight excluding hydrogens is 298 g/mol. The van der Waals surface area contributed by atoms with Gasteiger partial charge in [0.1, 0.15) is 5.82 Å². The summed E-state index contributed by atoms with van der Waals surface area (Å²) in [6, 6.07) is 4.05. The fourth-order valence-electron chi connectivity index (χ4n) is 2.65. The number of thiophene rings is 1. The average molecular weight is 319 g/mol. The number of hydrogen-bond donors (Lipinski definition) is 1. The van der Waals surface area contributed by atoms with Crippen molar-refractivity contribution < 1.29 is 9.84 Å². The van der Waals surface area contributed by atoms with E-state index in [1.165, 1.54) is 10.4 Å². The molecule has 22 heavy (non-hydrogen) atoms. The van der Waals surface area contributed by atoms with Gasteiger partial charge in [-0.25, -0.2) is 9.97 Å². The van der Waals surface area contributed by atoms with Crippen molar-refractivity contribution in [3.8, 4) is 0 Å². The molecule has 6 heteroatoms. The summed E-state index contributed by atoms with van der Waals surface area (Å²) >= 11 is 1.67. The minimum Gasteiger partial charge on any atom is -0.389 e. The van der Waals surface area contributed by atoms with Crippen LogP contribution in [-0.4, -0.2) is 45.8 Å². The third-order valence-corrected chi connectivity index (χ3v) is 4.60. The molecule has 0 unspecified atom stereocenters. The summed E-state index contributed by atoms with van der Waals surface area (Å²) in [4.78, 5) is 12.2. The lowest BCUT2D eigenvalue weighted by Gasteiger charge is -2.29. The normalized spacial score (nSPS) is 16.5. The van der Waals surface area contributed by atoms with Crippen molar-refractivity contribution in [1.82, 2.24) is 14.9 Å². The van der Waals surface area contributed by atoms with Crippen LogP contribution in [0.4, 0.5) is 0 Å². The quantitative estimate of drug-likeness (QED) is 0.879. The van der Waals surface area contributed by atoms with Gasteiger partial charge in [0, 0.05) is 30.7 Å². The maximum atomic E-state index is 10.1. The Kier molecular flexibility index (Phi) is 5.15. The highest BCUT2D eigenvalue weighted by atomic mass is 32.1. The maximum absolute atomic E-state index is 10.1. The van der Waals surface area contributed by atoms with Crippen LogP contribution in [0.1, 0.15) is 22.0 Å². The van der Waals surface area contributed by atoms with Gasteiger partial charge in [0.25, 0.3) is 0 Å². The van der Waals surface area contributed by atoms with Crippen LogP contribution in [0, 0.1) is 6.92 Å². The topological polar surface area (TPSA) is 58.5 Å². The number of aliphatic hydroxyl groups excluding tert-OH is 1. The van der Waals surface area contributed by atoms with Gasteiger partial charge in [0.05, 0.1) is 25.0 Å². The number of aromatic nitrogens is 2. The van der Waals surface area contributed by atoms with E-state index in [0.29, 0.717) is 19.8 Å². The zero-order valence-electron chi connectivity index (χ0n) is 12.7. The lowest BCUT2D eigenvalue weighted by Crippen LogP contribution is -2.38. The Morgan fingerprint density at radius 2 is 2.41 bits per heavy atom. The van der Waals surface area contributed by atoms with Crippen LogP contribution in [0.25, 0.3) is 0 Å². The van der Waals surface area contributed by atoms with Crippen LogP contribution < -0.4 is 0 Å². The van der Waals surface area contributed by atoms with Crippen molar-refractivity contribution in [3.05, 3.63) is 45.7 Å². The smallest absolute Gasteiger partial charge is 0.125 e. The second-order valence-electron chi connectivity index (χ2n) is 5.62. The summed E-state index contributed by atoms with van der Waals surface area (Å²) < 4.78 is 5.58. The number of nitrogens with zero attached hydrogens (tertiary/aromatic N) is 3. The second kappa shape index (κ2) is 7.28. The number of aryl methyl sites for hydroxylation is 1. The van der Waals surface area contributed by atoms with Crippen molar-refractivity contribution in [1.29, 1.82) is 0 Å². The number of fused-ring (bicyclic) bond motifs is 1. The van der Waals surface area contributed by atoms with Gasteiger partial charge >= 0.3 is 0 Å². The lowest BCUT2D eigenvalue weighted by atomic mass is 10.1. The molecule has 0 saturated heterocycles. The predicted octanol–water partition coefficient (Wildman–Crippen LogP) is 1.78. The van der Waals surface area contributed by atoms with Crippen molar-refractivity contribution >= 4 is 11.3 Å². The first-order chi connectivity index (χ1) is 10.7. The van der Waals surface area contributed by atoms with E-state index in [0.717, 1.165) is 31.0 Å². The van der Waals surface area contributed by atoms with E-state index in [1.807, 2.05) is 30.6 Å². The van der Waals surface area contributed by atoms with E-state index in [9.17, 15) is 5.11 Å². The highest BCUT2D eigenvalue weighted by Gasteiger charge is 2.20. The number of rotatable bonds is 6. The minimum atomic E-state index is -0.468. The summed E-state index contributed by atoms with van der Waals surface area (Å²) in [7, 11) is 0. The van der Waals surface area contributed by atoms with Crippen LogP contribution in [0.5, 0.6) is 0 Å². The molecular formula is C16H21N3O2S. The van der Waals surface area contributed by atoms with Crippen LogP contribution >= 0.6 is 11.3 Å². The van der Waals surface area contributed by atoms with Crippen LogP contribution in [0.3, 0.4) is 0 Å². The molecule has 3 heterocycles. The summed E-state index contributed by atoms with van der Waals surface area (Å²) in [6.45, 7) is 5.18. The molecule has 0 bridgehead atoms. The Labute approximate surface area is 134 Å². The first-order valence-electron chi connectivity index (χ1n) is 7.52. The van der Waals surface area contributed by atoms with Gasteiger partial charge in [-0.15, -0.1) is 11.3 Å². The fourth-order valence-corrected chi connectivity index (χ4v) is 3.29. The lowest BCUT2D eigenvalue weighted by molar-refractivity contribution is 0.00823. The minimum absolute atomic E-state index is 0.365. The van der Waals surface area contributed by atoms with Crippen LogP contribution in [0.15, 0.2) is 23.7 Å². The molecule has 118 valence electrons. The largest absolute Gasteiger partial charge is 0.389 e. The zero-order valence-corrected chi connectivity index (χ0v) is 13.6. The van der Waals surface area contributed by atoms with E-state index in [2.05, 4.69) is 14.9 Å². The highest BCUT2D eigenvalue weighted by molar-refractivity contribution is 7.09. The van der Waals surface area contributed by atoms with E-state index >= 15 is 0 Å². The number of aliphatic hydroxyl groups is 1. The van der Waals surface area contributed by atoms with E-state index < -0.39 is 6.10 Å². The number of β-amino-alcohol motifs (C(OH)–C–C–N with tert-alkyl or cyclic N) is 1. The fraction of sp³-hybridized carbons (Fsp3) is 0.500. The molecule has 1 aliphatic heterocycles. The molecule has 1 N–H and O–H groups in total. The van der Waals surface area contributed by atoms with Gasteiger partial charge in [-0.2, -0.15) is 0 Å². The monoisotopic (exact) mass is 319 g/mol. The first-order valence-corrected chi connectivity index (χ1v) is 8.40. The molecule has 0 aliphatic carbocycles. The van der Waals surface area contributed by atoms with Gasteiger partial charge in [-0.3, -0.25) is 4.90 Å². The van der Waals surface area contributed by atoms with Gasteiger partial charge < -0.3 is 9.84 Å². The van der Waals surface area contributed by atoms with E-state index in [-0.39, 0.29) is 0 Å². The third-order valence-electron chi connectivity index (χ3n) is 3.75. The summed E-state index contributed by atoms with van der Waals surface area (Å²) in [5, 5.41) is 12.2. The molecule has 1 atom stereocenters. The SMILES string of the molecule is Cc1ncc2c(n1)CN(C[C@H](O)COCc1cccs1)CC2. The Morgan fingerprint density at radius 3 is 3.23 bits per heavy atom. The molecule has 0 radical (unpaired) electrons. The molecule has 0 fully saturated rings. The van der Waals surface area contributed by atoms with Gasteiger partial charge in [-0.1, -0.05) is 6.07 Å². The summed E-state index contributed by atoms with van der Waals surface area (Å²) in [5.74, 6) is 0.806. The Bertz CT molecular complexity index is 603. The van der Waals surface area contributed by atoms with E-state index in [1.54, 1.807) is 11.3 Å². The first kappa shape index (κ1) is 15.6. The summed E-state index contributed by atoms with van der Waals surface area (Å²) in [5.41, 5.74) is 2.32. The van der Waals surface area contributed by atoms with Gasteiger partial charge in [0.2, 0.25) is 0 Å². The van der Waals surface area contributed by atoms with Crippen LogP contribution in [0.2, 0.25) is 0 Å². The molecule has 0 aromatic carbocycles. The Morgan fingerprint density at radius 1 is 1.50 bits per heavy atom. The van der Waals surface area contributed by atoms with Crippen LogP contribution in [-0.2, 0) is 24.3 Å². The molecule has 0 amide bonds. The highest BCUT2D eigenvalue weighted by Crippen LogP contribution is 2.16. The zero-order chi connectivity index (χ0) is 15.4. The Balaban J connectivity index is 1.45. The second-order valence-corrected chi connectivity index (χ2v) is 6.65. The average Bonchev–Trinajstić information content (AvgIpc) is 3.00. The van der Waals surface area contributed by atoms with Crippen molar-refractivity contribution in [2.24, 2.45) is 0 Å². The van der Waals surface area contributed by atoms with Crippen molar-refractivity contribution in [2.75, 3.05) is 19.7 Å². The number of hydrogen-bond acceptors (Lipinski definition) is 6. The molecule has 3 rings (SSSR count). The Hall–Kier alpha value is -1.34.